The number of hydrogen-bond acceptors (Lipinski definition) is 4. The Balaban J connectivity index is 2.26. The van der Waals surface area contributed by atoms with Gasteiger partial charge in [0, 0.05) is 0 Å². The molecule has 0 aromatic heterocycles. The molecule has 4 nitrogen and oxygen atoms in total. The maximum atomic E-state index is 11.2. The molecule has 1 heterocycles. The molecule has 0 aromatic rings. The Hall–Kier alpha value is -0.980. The van der Waals surface area contributed by atoms with Gasteiger partial charge >= 0.3 is 5.97 Å². The van der Waals surface area contributed by atoms with Gasteiger partial charge in [-0.05, 0) is 28.7 Å². The molecule has 0 unspecified atom stereocenters. The Morgan fingerprint density at radius 3 is 3.07 bits per heavy atom. The van der Waals surface area contributed by atoms with Crippen LogP contribution in [0.1, 0.15) is 0 Å². The van der Waals surface area contributed by atoms with Gasteiger partial charge in [0.05, 0.1) is 24.3 Å². The molecule has 1 aliphatic carbocycles. The highest BCUT2D eigenvalue weighted by atomic mass is 127. The zero-order valence-electron chi connectivity index (χ0n) is 7.40. The first-order valence-corrected chi connectivity index (χ1v) is 5.09. The summed E-state index contributed by atoms with van der Waals surface area (Å²) in [6.45, 7) is 0. The van der Waals surface area contributed by atoms with Crippen LogP contribution >= 0.6 is 22.6 Å². The number of fused-ring (bicyclic) bond motifs is 1. The number of carbonyl (C=O) groups excluding carboxylic acids is 1. The second-order valence-electron chi connectivity index (χ2n) is 2.88. The van der Waals surface area contributed by atoms with Gasteiger partial charge in [0.1, 0.15) is 3.72 Å². The number of nitrogens with zero attached hydrogens (tertiary/aromatic N) is 2. The first-order valence-electron chi connectivity index (χ1n) is 4.01. The fraction of sp³-hybridized carbons (Fsp3) is 0.222. The summed E-state index contributed by atoms with van der Waals surface area (Å²) in [6.07, 6.45) is 5.37. The third-order valence-corrected chi connectivity index (χ3v) is 2.92. The second kappa shape index (κ2) is 3.64. The topological polar surface area (TPSA) is 51.0 Å². The van der Waals surface area contributed by atoms with Crippen LogP contribution < -0.4 is 0 Å². The summed E-state index contributed by atoms with van der Waals surface area (Å²) in [6, 6.07) is 0. The maximum Gasteiger partial charge on any atom is 0.337 e. The lowest BCUT2D eigenvalue weighted by Crippen LogP contribution is -2.17. The molecule has 0 amide bonds. The fourth-order valence-corrected chi connectivity index (χ4v) is 1.94. The van der Waals surface area contributed by atoms with E-state index in [0.29, 0.717) is 5.57 Å². The molecule has 2 aliphatic rings. The van der Waals surface area contributed by atoms with E-state index in [1.165, 1.54) is 7.11 Å². The third-order valence-electron chi connectivity index (χ3n) is 2.03. The molecule has 0 saturated carbocycles. The van der Waals surface area contributed by atoms with Crippen LogP contribution in [0.2, 0.25) is 0 Å². The van der Waals surface area contributed by atoms with Gasteiger partial charge in [-0.25, -0.2) is 4.79 Å². The predicted molar refractivity (Wildman–Crippen MR) is 61.6 cm³/mol. The quantitative estimate of drug-likeness (QED) is 0.544. The Bertz CT molecular complexity index is 407. The summed E-state index contributed by atoms with van der Waals surface area (Å²) in [5, 5.41) is 7.91. The molecule has 5 heteroatoms. The number of halogens is 1. The number of rotatable bonds is 1. The van der Waals surface area contributed by atoms with E-state index < -0.39 is 0 Å². The lowest BCUT2D eigenvalue weighted by Gasteiger charge is -2.10. The van der Waals surface area contributed by atoms with Crippen molar-refractivity contribution in [2.45, 2.75) is 0 Å². The lowest BCUT2D eigenvalue weighted by molar-refractivity contribution is -0.135. The van der Waals surface area contributed by atoms with E-state index in [1.54, 1.807) is 12.2 Å². The smallest absolute Gasteiger partial charge is 0.337 e. The highest BCUT2D eigenvalue weighted by Gasteiger charge is 2.26. The monoisotopic (exact) mass is 302 g/mol. The lowest BCUT2D eigenvalue weighted by atomic mass is 9.96. The zero-order chi connectivity index (χ0) is 10.1. The number of ether oxygens (including phenoxy) is 1. The minimum absolute atomic E-state index is 0.129. The normalized spacial score (nSPS) is 23.6. The third kappa shape index (κ3) is 1.52. The van der Waals surface area contributed by atoms with Gasteiger partial charge in [-0.1, -0.05) is 12.2 Å². The first kappa shape index (κ1) is 9.57. The van der Waals surface area contributed by atoms with Crippen LogP contribution in [0.15, 0.2) is 34.0 Å². The van der Waals surface area contributed by atoms with Gasteiger partial charge in [-0.2, -0.15) is 5.10 Å². The van der Waals surface area contributed by atoms with Gasteiger partial charge in [-0.15, -0.1) is 5.10 Å². The van der Waals surface area contributed by atoms with Crippen molar-refractivity contribution in [3.05, 3.63) is 23.8 Å². The van der Waals surface area contributed by atoms with Gasteiger partial charge < -0.3 is 4.74 Å². The van der Waals surface area contributed by atoms with E-state index in [1.807, 2.05) is 6.08 Å². The largest absolute Gasteiger partial charge is 0.465 e. The average Bonchev–Trinajstić information content (AvgIpc) is 2.59. The standard InChI is InChI=1S/C9H7IN2O2/c1-14-9(13)5-2-3-6-7(4-5)11-12-8(6)10/h2-4,6H,1H3/t6-/m0/s1. The van der Waals surface area contributed by atoms with Crippen LogP contribution in [0, 0.1) is 5.92 Å². The number of carbonyl (C=O) groups is 1. The number of esters is 1. The summed E-state index contributed by atoms with van der Waals surface area (Å²) >= 11 is 2.14. The molecule has 0 bridgehead atoms. The Morgan fingerprint density at radius 2 is 2.36 bits per heavy atom. The van der Waals surface area contributed by atoms with Crippen molar-refractivity contribution in [2.75, 3.05) is 7.11 Å². The second-order valence-corrected chi connectivity index (χ2v) is 3.98. The van der Waals surface area contributed by atoms with E-state index in [-0.39, 0.29) is 11.9 Å². The van der Waals surface area contributed by atoms with Crippen LogP contribution in [0.5, 0.6) is 0 Å². The van der Waals surface area contributed by atoms with Gasteiger partial charge in [-0.3, -0.25) is 0 Å². The average molecular weight is 302 g/mol. The molecule has 1 aliphatic heterocycles. The number of allylic oxidation sites excluding steroid dienone is 2. The van der Waals surface area contributed by atoms with Crippen molar-refractivity contribution in [3.63, 3.8) is 0 Å². The SMILES string of the molecule is COC(=O)C1=CC2=NN=C(I)[C@H]2C=C1. The Morgan fingerprint density at radius 1 is 1.57 bits per heavy atom. The zero-order valence-corrected chi connectivity index (χ0v) is 9.56. The van der Waals surface area contributed by atoms with Gasteiger partial charge in [0.15, 0.2) is 0 Å². The predicted octanol–water partition coefficient (Wildman–Crippen LogP) is 1.47. The molecular formula is C9H7IN2O2. The molecule has 0 fully saturated rings. The minimum Gasteiger partial charge on any atom is -0.465 e. The maximum absolute atomic E-state index is 11.2. The van der Waals surface area contributed by atoms with Crippen LogP contribution in [-0.4, -0.2) is 22.5 Å². The van der Waals surface area contributed by atoms with Gasteiger partial charge in [0.25, 0.3) is 0 Å². The molecule has 72 valence electrons. The Kier molecular flexibility index (Phi) is 2.49. The Labute approximate surface area is 94.6 Å². The summed E-state index contributed by atoms with van der Waals surface area (Å²) in [7, 11) is 1.36. The molecule has 0 N–H and O–H groups in total. The van der Waals surface area contributed by atoms with Crippen molar-refractivity contribution in [3.8, 4) is 0 Å². The van der Waals surface area contributed by atoms with Gasteiger partial charge in [0.2, 0.25) is 0 Å². The molecule has 0 radical (unpaired) electrons. The summed E-state index contributed by atoms with van der Waals surface area (Å²) in [5.74, 6) is -0.215. The summed E-state index contributed by atoms with van der Waals surface area (Å²) in [5.41, 5.74) is 1.32. The number of methoxy groups -OCH3 is 1. The first-order chi connectivity index (χ1) is 6.72. The fourth-order valence-electron chi connectivity index (χ4n) is 1.30. The van der Waals surface area contributed by atoms with Crippen LogP contribution in [0.3, 0.4) is 0 Å². The highest BCUT2D eigenvalue weighted by molar-refractivity contribution is 14.1. The van der Waals surface area contributed by atoms with Crippen molar-refractivity contribution < 1.29 is 9.53 Å². The van der Waals surface area contributed by atoms with Crippen LogP contribution in [0.4, 0.5) is 0 Å². The molecule has 0 spiro atoms. The molecular weight excluding hydrogens is 295 g/mol. The van der Waals surface area contributed by atoms with Crippen LogP contribution in [0.25, 0.3) is 0 Å². The van der Waals surface area contributed by atoms with E-state index in [4.69, 9.17) is 0 Å². The molecule has 2 rings (SSSR count). The molecule has 1 atom stereocenters. The van der Waals surface area contributed by atoms with E-state index in [9.17, 15) is 4.79 Å². The summed E-state index contributed by atoms with van der Waals surface area (Å²) < 4.78 is 5.54. The van der Waals surface area contributed by atoms with E-state index in [2.05, 4.69) is 37.5 Å². The van der Waals surface area contributed by atoms with E-state index in [0.717, 1.165) is 9.43 Å². The minimum atomic E-state index is -0.343. The summed E-state index contributed by atoms with van der Waals surface area (Å²) in [4.78, 5) is 11.2. The number of hydrogen-bond donors (Lipinski definition) is 0. The van der Waals surface area contributed by atoms with E-state index >= 15 is 0 Å². The van der Waals surface area contributed by atoms with Crippen LogP contribution in [-0.2, 0) is 9.53 Å². The van der Waals surface area contributed by atoms with Crippen molar-refractivity contribution in [2.24, 2.45) is 16.1 Å². The van der Waals surface area contributed by atoms with Crippen molar-refractivity contribution >= 4 is 38.0 Å². The van der Waals surface area contributed by atoms with Crippen molar-refractivity contribution in [1.82, 2.24) is 0 Å². The molecule has 0 saturated heterocycles. The molecule has 14 heavy (non-hydrogen) atoms. The molecule has 0 aromatic carbocycles. The highest BCUT2D eigenvalue weighted by Crippen LogP contribution is 2.24. The van der Waals surface area contributed by atoms with Crippen molar-refractivity contribution in [1.29, 1.82) is 0 Å².